The average Bonchev–Trinajstić information content (AvgIpc) is 3.26. The molecule has 0 radical (unpaired) electrons. The van der Waals surface area contributed by atoms with Gasteiger partial charge in [-0.3, -0.25) is 9.58 Å². The minimum atomic E-state index is 0.299. The number of benzene rings is 1. The van der Waals surface area contributed by atoms with Crippen molar-refractivity contribution in [3.63, 3.8) is 0 Å². The molecule has 1 unspecified atom stereocenters. The van der Waals surface area contributed by atoms with E-state index in [-0.39, 0.29) is 0 Å². The van der Waals surface area contributed by atoms with Crippen molar-refractivity contribution in [1.29, 1.82) is 0 Å². The molecule has 2 aromatic rings. The first-order chi connectivity index (χ1) is 12.2. The van der Waals surface area contributed by atoms with Crippen molar-refractivity contribution in [2.24, 2.45) is 7.05 Å². The highest BCUT2D eigenvalue weighted by Gasteiger charge is 2.21. The molecule has 1 aromatic heterocycles. The summed E-state index contributed by atoms with van der Waals surface area (Å²) < 4.78 is 18.7. The normalized spacial score (nSPS) is 17.2. The van der Waals surface area contributed by atoms with Crippen LogP contribution in [0.4, 0.5) is 0 Å². The zero-order valence-corrected chi connectivity index (χ0v) is 15.3. The molecule has 0 aliphatic carbocycles. The van der Waals surface area contributed by atoms with E-state index in [1.54, 1.807) is 14.2 Å². The van der Waals surface area contributed by atoms with Gasteiger partial charge in [-0.2, -0.15) is 5.10 Å². The van der Waals surface area contributed by atoms with E-state index in [0.29, 0.717) is 6.10 Å². The molecule has 0 amide bonds. The van der Waals surface area contributed by atoms with Gasteiger partial charge in [0.2, 0.25) is 0 Å². The molecule has 0 spiro atoms. The van der Waals surface area contributed by atoms with Crippen LogP contribution in [0.5, 0.6) is 11.5 Å². The summed E-state index contributed by atoms with van der Waals surface area (Å²) in [5, 5.41) is 4.28. The summed E-state index contributed by atoms with van der Waals surface area (Å²) in [5.74, 6) is 1.56. The van der Waals surface area contributed by atoms with Crippen LogP contribution in [0, 0.1) is 0 Å². The van der Waals surface area contributed by atoms with E-state index in [9.17, 15) is 0 Å². The van der Waals surface area contributed by atoms with Gasteiger partial charge in [-0.1, -0.05) is 12.1 Å². The summed E-state index contributed by atoms with van der Waals surface area (Å²) in [4.78, 5) is 2.39. The van der Waals surface area contributed by atoms with Gasteiger partial charge in [0.1, 0.15) is 0 Å². The number of hydrogen-bond acceptors (Lipinski definition) is 5. The van der Waals surface area contributed by atoms with E-state index in [2.05, 4.69) is 22.3 Å². The van der Waals surface area contributed by atoms with Crippen LogP contribution >= 0.6 is 0 Å². The van der Waals surface area contributed by atoms with Gasteiger partial charge in [0, 0.05) is 50.6 Å². The lowest BCUT2D eigenvalue weighted by atomic mass is 10.1. The third kappa shape index (κ3) is 4.52. The molecule has 1 atom stereocenters. The Balaban J connectivity index is 1.78. The molecule has 6 nitrogen and oxygen atoms in total. The standard InChI is InChI=1S/C19H27N3O3/c1-21-11-15(10-20-21)12-22(14-17-7-5-9-25-17)13-16-6-4-8-18(23-2)19(16)24-3/h4,6,8,10-11,17H,5,7,9,12-14H2,1-3H3. The second kappa shape index (κ2) is 8.36. The maximum absolute atomic E-state index is 5.85. The SMILES string of the molecule is COc1cccc(CN(Cc2cnn(C)c2)CC2CCCO2)c1OC. The number of aryl methyl sites for hydroxylation is 1. The second-order valence-electron chi connectivity index (χ2n) is 6.48. The molecule has 136 valence electrons. The lowest BCUT2D eigenvalue weighted by Gasteiger charge is -2.26. The third-order valence-corrected chi connectivity index (χ3v) is 4.53. The van der Waals surface area contributed by atoms with Crippen molar-refractivity contribution in [3.8, 4) is 11.5 Å². The van der Waals surface area contributed by atoms with Crippen molar-refractivity contribution in [1.82, 2.24) is 14.7 Å². The van der Waals surface area contributed by atoms with Crippen LogP contribution in [0.25, 0.3) is 0 Å². The van der Waals surface area contributed by atoms with E-state index >= 15 is 0 Å². The minimum absolute atomic E-state index is 0.299. The Morgan fingerprint density at radius 2 is 2.16 bits per heavy atom. The molecule has 0 N–H and O–H groups in total. The number of rotatable bonds is 8. The smallest absolute Gasteiger partial charge is 0.165 e. The number of aromatic nitrogens is 2. The first-order valence-electron chi connectivity index (χ1n) is 8.71. The highest BCUT2D eigenvalue weighted by Crippen LogP contribution is 2.32. The average molecular weight is 345 g/mol. The summed E-state index contributed by atoms with van der Waals surface area (Å²) in [6.07, 6.45) is 6.55. The molecule has 6 heteroatoms. The Morgan fingerprint density at radius 1 is 1.28 bits per heavy atom. The van der Waals surface area contributed by atoms with Gasteiger partial charge in [-0.25, -0.2) is 0 Å². The molecule has 1 aliphatic rings. The van der Waals surface area contributed by atoms with Crippen LogP contribution in [0.2, 0.25) is 0 Å². The Bertz CT molecular complexity index is 680. The lowest BCUT2D eigenvalue weighted by molar-refractivity contribution is 0.0676. The van der Waals surface area contributed by atoms with E-state index in [0.717, 1.165) is 56.1 Å². The van der Waals surface area contributed by atoms with Crippen molar-refractivity contribution in [3.05, 3.63) is 41.7 Å². The van der Waals surface area contributed by atoms with Crippen molar-refractivity contribution < 1.29 is 14.2 Å². The summed E-state index contributed by atoms with van der Waals surface area (Å²) >= 11 is 0. The van der Waals surface area contributed by atoms with Crippen LogP contribution in [-0.2, 0) is 24.9 Å². The van der Waals surface area contributed by atoms with Gasteiger partial charge in [0.25, 0.3) is 0 Å². The lowest BCUT2D eigenvalue weighted by Crippen LogP contribution is -2.31. The van der Waals surface area contributed by atoms with Gasteiger partial charge in [-0.05, 0) is 18.9 Å². The molecule has 2 heterocycles. The quantitative estimate of drug-likeness (QED) is 0.736. The van der Waals surface area contributed by atoms with Crippen LogP contribution < -0.4 is 9.47 Å². The fourth-order valence-electron chi connectivity index (χ4n) is 3.39. The Hall–Kier alpha value is -2.05. The molecule has 1 aromatic carbocycles. The molecule has 1 fully saturated rings. The molecule has 0 bridgehead atoms. The Kier molecular flexibility index (Phi) is 5.94. The topological polar surface area (TPSA) is 48.8 Å². The molecule has 25 heavy (non-hydrogen) atoms. The molecule has 3 rings (SSSR count). The number of para-hydroxylation sites is 1. The predicted octanol–water partition coefficient (Wildman–Crippen LogP) is 2.62. The first-order valence-corrected chi connectivity index (χ1v) is 8.71. The molecular weight excluding hydrogens is 318 g/mol. The zero-order chi connectivity index (χ0) is 17.6. The van der Waals surface area contributed by atoms with Gasteiger partial charge < -0.3 is 14.2 Å². The predicted molar refractivity (Wildman–Crippen MR) is 95.8 cm³/mol. The second-order valence-corrected chi connectivity index (χ2v) is 6.48. The fourth-order valence-corrected chi connectivity index (χ4v) is 3.39. The summed E-state index contributed by atoms with van der Waals surface area (Å²) in [5.41, 5.74) is 2.31. The highest BCUT2D eigenvalue weighted by atomic mass is 16.5. The van der Waals surface area contributed by atoms with E-state index in [1.807, 2.05) is 30.1 Å². The van der Waals surface area contributed by atoms with Crippen LogP contribution in [0.1, 0.15) is 24.0 Å². The Morgan fingerprint density at radius 3 is 2.80 bits per heavy atom. The maximum Gasteiger partial charge on any atom is 0.165 e. The highest BCUT2D eigenvalue weighted by molar-refractivity contribution is 5.46. The zero-order valence-electron chi connectivity index (χ0n) is 15.3. The largest absolute Gasteiger partial charge is 0.493 e. The molecule has 1 aliphatic heterocycles. The molecule has 0 saturated carbocycles. The summed E-state index contributed by atoms with van der Waals surface area (Å²) in [7, 11) is 5.30. The van der Waals surface area contributed by atoms with E-state index in [4.69, 9.17) is 14.2 Å². The third-order valence-electron chi connectivity index (χ3n) is 4.53. The first kappa shape index (κ1) is 17.8. The van der Waals surface area contributed by atoms with Crippen molar-refractivity contribution in [2.45, 2.75) is 32.0 Å². The number of methoxy groups -OCH3 is 2. The van der Waals surface area contributed by atoms with Crippen LogP contribution in [0.3, 0.4) is 0 Å². The van der Waals surface area contributed by atoms with Crippen LogP contribution in [-0.4, -0.2) is 48.2 Å². The number of ether oxygens (including phenoxy) is 3. The molecule has 1 saturated heterocycles. The van der Waals surface area contributed by atoms with Gasteiger partial charge in [0.05, 0.1) is 26.5 Å². The van der Waals surface area contributed by atoms with E-state index in [1.165, 1.54) is 5.56 Å². The Labute approximate surface area is 149 Å². The summed E-state index contributed by atoms with van der Waals surface area (Å²) in [6, 6.07) is 6.02. The van der Waals surface area contributed by atoms with Gasteiger partial charge in [0.15, 0.2) is 11.5 Å². The van der Waals surface area contributed by atoms with Crippen molar-refractivity contribution >= 4 is 0 Å². The van der Waals surface area contributed by atoms with Gasteiger partial charge >= 0.3 is 0 Å². The monoisotopic (exact) mass is 345 g/mol. The number of nitrogens with zero attached hydrogens (tertiary/aromatic N) is 3. The maximum atomic E-state index is 5.85. The van der Waals surface area contributed by atoms with Gasteiger partial charge in [-0.15, -0.1) is 0 Å². The minimum Gasteiger partial charge on any atom is -0.493 e. The molecular formula is C19H27N3O3. The van der Waals surface area contributed by atoms with Crippen molar-refractivity contribution in [2.75, 3.05) is 27.4 Å². The van der Waals surface area contributed by atoms with Crippen LogP contribution in [0.15, 0.2) is 30.6 Å². The summed E-state index contributed by atoms with van der Waals surface area (Å²) in [6.45, 7) is 3.37. The number of hydrogen-bond donors (Lipinski definition) is 0. The van der Waals surface area contributed by atoms with E-state index < -0.39 is 0 Å². The fraction of sp³-hybridized carbons (Fsp3) is 0.526.